The Morgan fingerprint density at radius 3 is 2.79 bits per heavy atom. The van der Waals surface area contributed by atoms with Crippen molar-refractivity contribution in [2.45, 2.75) is 26.3 Å². The highest BCUT2D eigenvalue weighted by Gasteiger charge is 2.15. The second-order valence-electron chi connectivity index (χ2n) is 6.54. The van der Waals surface area contributed by atoms with Crippen molar-refractivity contribution >= 4 is 5.91 Å². The van der Waals surface area contributed by atoms with Gasteiger partial charge in [0.2, 0.25) is 0 Å². The van der Waals surface area contributed by atoms with E-state index in [4.69, 9.17) is 4.52 Å². The Balaban J connectivity index is 1.51. The molecule has 0 aliphatic rings. The third-order valence-electron chi connectivity index (χ3n) is 4.50. The van der Waals surface area contributed by atoms with Gasteiger partial charge in [0, 0.05) is 24.4 Å². The molecule has 3 aromatic heterocycles. The summed E-state index contributed by atoms with van der Waals surface area (Å²) in [5.74, 6) is 1.43. The van der Waals surface area contributed by atoms with Crippen molar-refractivity contribution in [1.29, 1.82) is 0 Å². The van der Waals surface area contributed by atoms with Crippen LogP contribution in [0.1, 0.15) is 41.8 Å². The maximum Gasteiger partial charge on any atom is 0.271 e. The lowest BCUT2D eigenvalue weighted by Crippen LogP contribution is -2.26. The lowest BCUT2D eigenvalue weighted by atomic mass is 10.1. The smallest absolute Gasteiger partial charge is 0.271 e. The zero-order chi connectivity index (χ0) is 20.2. The van der Waals surface area contributed by atoms with E-state index in [2.05, 4.69) is 25.4 Å². The normalized spacial score (nSPS) is 11.9. The SMILES string of the molecule is CCc1noc(-c2ccnc(-n3cnc(C(=O)N[C@H](C)c4ccccc4)c3)c2)n1. The van der Waals surface area contributed by atoms with Crippen molar-refractivity contribution in [3.63, 3.8) is 0 Å². The average Bonchev–Trinajstić information content (AvgIpc) is 3.44. The molecule has 1 aromatic carbocycles. The molecule has 0 aliphatic heterocycles. The molecule has 0 unspecified atom stereocenters. The summed E-state index contributed by atoms with van der Waals surface area (Å²) in [6.07, 6.45) is 5.55. The molecular weight excluding hydrogens is 368 g/mol. The van der Waals surface area contributed by atoms with Gasteiger partial charge in [-0.15, -0.1) is 0 Å². The lowest BCUT2D eigenvalue weighted by Gasteiger charge is -2.13. The molecule has 1 amide bonds. The van der Waals surface area contributed by atoms with Gasteiger partial charge in [0.1, 0.15) is 17.8 Å². The molecule has 0 radical (unpaired) electrons. The van der Waals surface area contributed by atoms with Crippen molar-refractivity contribution in [1.82, 2.24) is 30.0 Å². The number of rotatable bonds is 6. The standard InChI is InChI=1S/C21H20N6O2/c1-3-18-25-21(29-26-18)16-9-10-22-19(11-16)27-12-17(23-13-27)20(28)24-14(2)15-7-5-4-6-8-15/h4-14H,3H2,1-2H3,(H,24,28)/t14-/m1/s1. The number of pyridine rings is 1. The Labute approximate surface area is 167 Å². The number of aromatic nitrogens is 5. The number of imidazole rings is 1. The number of hydrogen-bond donors (Lipinski definition) is 1. The molecule has 3 heterocycles. The summed E-state index contributed by atoms with van der Waals surface area (Å²) < 4.78 is 6.97. The molecule has 29 heavy (non-hydrogen) atoms. The number of carbonyl (C=O) groups excluding carboxylic acids is 1. The molecule has 146 valence electrons. The van der Waals surface area contributed by atoms with E-state index < -0.39 is 0 Å². The van der Waals surface area contributed by atoms with Crippen LogP contribution in [0.3, 0.4) is 0 Å². The van der Waals surface area contributed by atoms with Crippen LogP contribution in [0.15, 0.2) is 65.7 Å². The highest BCUT2D eigenvalue weighted by atomic mass is 16.5. The highest BCUT2D eigenvalue weighted by Crippen LogP contribution is 2.19. The van der Waals surface area contributed by atoms with E-state index >= 15 is 0 Å². The number of aryl methyl sites for hydroxylation is 1. The highest BCUT2D eigenvalue weighted by molar-refractivity contribution is 5.92. The van der Waals surface area contributed by atoms with Crippen LogP contribution >= 0.6 is 0 Å². The van der Waals surface area contributed by atoms with Crippen molar-refractivity contribution in [2.24, 2.45) is 0 Å². The van der Waals surface area contributed by atoms with Gasteiger partial charge < -0.3 is 9.84 Å². The fraction of sp³-hybridized carbons (Fsp3) is 0.190. The molecule has 0 saturated carbocycles. The first-order valence-electron chi connectivity index (χ1n) is 9.33. The molecular formula is C21H20N6O2. The zero-order valence-corrected chi connectivity index (χ0v) is 16.1. The molecule has 0 saturated heterocycles. The fourth-order valence-electron chi connectivity index (χ4n) is 2.87. The molecule has 4 rings (SSSR count). The molecule has 0 fully saturated rings. The average molecular weight is 388 g/mol. The first kappa shape index (κ1) is 18.5. The number of amides is 1. The maximum absolute atomic E-state index is 12.6. The minimum absolute atomic E-state index is 0.124. The van der Waals surface area contributed by atoms with E-state index in [0.29, 0.717) is 29.6 Å². The summed E-state index contributed by atoms with van der Waals surface area (Å²) in [7, 11) is 0. The van der Waals surface area contributed by atoms with E-state index in [0.717, 1.165) is 11.1 Å². The van der Waals surface area contributed by atoms with Crippen LogP contribution in [0.4, 0.5) is 0 Å². The van der Waals surface area contributed by atoms with Crippen molar-refractivity contribution in [3.8, 4) is 17.3 Å². The van der Waals surface area contributed by atoms with Crippen LogP contribution in [-0.4, -0.2) is 30.6 Å². The predicted molar refractivity (Wildman–Crippen MR) is 106 cm³/mol. The molecule has 8 nitrogen and oxygen atoms in total. The molecule has 1 atom stereocenters. The van der Waals surface area contributed by atoms with E-state index in [-0.39, 0.29) is 11.9 Å². The van der Waals surface area contributed by atoms with Gasteiger partial charge in [-0.2, -0.15) is 4.98 Å². The van der Waals surface area contributed by atoms with Gasteiger partial charge >= 0.3 is 0 Å². The fourth-order valence-corrected chi connectivity index (χ4v) is 2.87. The first-order chi connectivity index (χ1) is 14.1. The van der Waals surface area contributed by atoms with Gasteiger partial charge in [0.15, 0.2) is 5.82 Å². The Kier molecular flexibility index (Phi) is 5.15. The molecule has 0 bridgehead atoms. The van der Waals surface area contributed by atoms with Gasteiger partial charge in [-0.3, -0.25) is 9.36 Å². The van der Waals surface area contributed by atoms with E-state index in [1.807, 2.05) is 50.2 Å². The van der Waals surface area contributed by atoms with Crippen LogP contribution in [0.5, 0.6) is 0 Å². The van der Waals surface area contributed by atoms with Crippen LogP contribution < -0.4 is 5.32 Å². The minimum atomic E-state index is -0.249. The number of nitrogens with one attached hydrogen (secondary N) is 1. The molecule has 0 spiro atoms. The minimum Gasteiger partial charge on any atom is -0.344 e. The van der Waals surface area contributed by atoms with Gasteiger partial charge in [-0.25, -0.2) is 9.97 Å². The quantitative estimate of drug-likeness (QED) is 0.544. The van der Waals surface area contributed by atoms with Gasteiger partial charge in [-0.05, 0) is 24.6 Å². The zero-order valence-electron chi connectivity index (χ0n) is 16.1. The number of carbonyl (C=O) groups is 1. The summed E-state index contributed by atoms with van der Waals surface area (Å²) >= 11 is 0. The Bertz CT molecular complexity index is 1120. The number of hydrogen-bond acceptors (Lipinski definition) is 6. The summed E-state index contributed by atoms with van der Waals surface area (Å²) in [5, 5.41) is 6.87. The number of benzene rings is 1. The van der Waals surface area contributed by atoms with E-state index in [1.54, 1.807) is 29.4 Å². The monoisotopic (exact) mass is 388 g/mol. The van der Waals surface area contributed by atoms with E-state index in [9.17, 15) is 4.79 Å². The molecule has 1 N–H and O–H groups in total. The summed E-state index contributed by atoms with van der Waals surface area (Å²) in [5.41, 5.74) is 2.09. The third kappa shape index (κ3) is 4.06. The van der Waals surface area contributed by atoms with Crippen LogP contribution in [0.25, 0.3) is 17.3 Å². The van der Waals surface area contributed by atoms with Gasteiger partial charge in [0.25, 0.3) is 11.8 Å². The van der Waals surface area contributed by atoms with Crippen LogP contribution in [-0.2, 0) is 6.42 Å². The van der Waals surface area contributed by atoms with Crippen LogP contribution in [0.2, 0.25) is 0 Å². The van der Waals surface area contributed by atoms with Crippen molar-refractivity contribution in [2.75, 3.05) is 0 Å². The number of nitrogens with zero attached hydrogens (tertiary/aromatic N) is 5. The second kappa shape index (κ2) is 8.05. The lowest BCUT2D eigenvalue weighted by molar-refractivity contribution is 0.0935. The Hall–Kier alpha value is -3.81. The van der Waals surface area contributed by atoms with Crippen LogP contribution in [0, 0.1) is 0 Å². The van der Waals surface area contributed by atoms with Crippen molar-refractivity contribution in [3.05, 3.63) is 78.3 Å². The van der Waals surface area contributed by atoms with Gasteiger partial charge in [0.05, 0.1) is 6.04 Å². The summed E-state index contributed by atoms with van der Waals surface area (Å²) in [6, 6.07) is 13.3. The molecule has 8 heteroatoms. The largest absolute Gasteiger partial charge is 0.344 e. The summed E-state index contributed by atoms with van der Waals surface area (Å²) in [6.45, 7) is 3.90. The van der Waals surface area contributed by atoms with E-state index in [1.165, 1.54) is 0 Å². The first-order valence-corrected chi connectivity index (χ1v) is 9.33. The molecule has 4 aromatic rings. The maximum atomic E-state index is 12.6. The van der Waals surface area contributed by atoms with Crippen molar-refractivity contribution < 1.29 is 9.32 Å². The molecule has 0 aliphatic carbocycles. The van der Waals surface area contributed by atoms with Gasteiger partial charge in [-0.1, -0.05) is 42.4 Å². The summed E-state index contributed by atoms with van der Waals surface area (Å²) in [4.78, 5) is 25.5. The second-order valence-corrected chi connectivity index (χ2v) is 6.54. The third-order valence-corrected chi connectivity index (χ3v) is 4.50. The predicted octanol–water partition coefficient (Wildman–Crippen LogP) is 3.37. The Morgan fingerprint density at radius 1 is 1.21 bits per heavy atom. The topological polar surface area (TPSA) is 98.7 Å². The Morgan fingerprint density at radius 2 is 2.03 bits per heavy atom.